The van der Waals surface area contributed by atoms with Crippen LogP contribution in [0.25, 0.3) is 6.08 Å². The van der Waals surface area contributed by atoms with E-state index in [2.05, 4.69) is 81.1 Å². The second-order valence-corrected chi connectivity index (χ2v) is 7.88. The summed E-state index contributed by atoms with van der Waals surface area (Å²) in [6.07, 6.45) is 9.41. The zero-order chi connectivity index (χ0) is 18.1. The molecule has 1 fully saturated rings. The van der Waals surface area contributed by atoms with E-state index in [0.717, 1.165) is 12.8 Å². The van der Waals surface area contributed by atoms with E-state index in [1.807, 2.05) is 0 Å². The lowest BCUT2D eigenvalue weighted by atomic mass is 9.78. The maximum atomic E-state index is 4.48. The van der Waals surface area contributed by atoms with E-state index in [1.54, 1.807) is 5.57 Å². The molecular weight excluding hydrogens is 312 g/mol. The number of fused-ring (bicyclic) bond motifs is 1. The number of aryl methyl sites for hydroxylation is 2. The van der Waals surface area contributed by atoms with E-state index < -0.39 is 0 Å². The van der Waals surface area contributed by atoms with Crippen LogP contribution in [0.2, 0.25) is 0 Å². The fourth-order valence-electron chi connectivity index (χ4n) is 4.39. The Morgan fingerprint density at radius 1 is 1.04 bits per heavy atom. The lowest BCUT2D eigenvalue weighted by Gasteiger charge is -2.26. The molecule has 1 saturated carbocycles. The van der Waals surface area contributed by atoms with E-state index in [9.17, 15) is 0 Å². The molecule has 0 aromatic heterocycles. The molecule has 0 aliphatic heterocycles. The number of rotatable bonds is 3. The van der Waals surface area contributed by atoms with Crippen LogP contribution < -0.4 is 0 Å². The van der Waals surface area contributed by atoms with Crippen molar-refractivity contribution < 1.29 is 0 Å². The summed E-state index contributed by atoms with van der Waals surface area (Å²) in [5, 5.41) is 0. The lowest BCUT2D eigenvalue weighted by molar-refractivity contribution is 0.524. The molecule has 0 radical (unpaired) electrons. The van der Waals surface area contributed by atoms with Gasteiger partial charge in [0, 0.05) is 5.92 Å². The van der Waals surface area contributed by atoms with Gasteiger partial charge in [-0.15, -0.1) is 0 Å². The summed E-state index contributed by atoms with van der Waals surface area (Å²) in [5.74, 6) is 1.17. The summed E-state index contributed by atoms with van der Waals surface area (Å²) in [6, 6.07) is 18.1. The van der Waals surface area contributed by atoms with Crippen LogP contribution in [0.3, 0.4) is 0 Å². The Morgan fingerprint density at radius 2 is 1.77 bits per heavy atom. The summed E-state index contributed by atoms with van der Waals surface area (Å²) >= 11 is 0. The van der Waals surface area contributed by atoms with Crippen LogP contribution >= 0.6 is 0 Å². The van der Waals surface area contributed by atoms with Crippen molar-refractivity contribution in [3.63, 3.8) is 0 Å². The average Bonchev–Trinajstić information content (AvgIpc) is 2.99. The van der Waals surface area contributed by atoms with Gasteiger partial charge >= 0.3 is 0 Å². The maximum Gasteiger partial charge on any atom is 0.00543 e. The number of benzene rings is 2. The Morgan fingerprint density at radius 3 is 2.46 bits per heavy atom. The lowest BCUT2D eigenvalue weighted by Crippen LogP contribution is -2.12. The molecule has 26 heavy (non-hydrogen) atoms. The van der Waals surface area contributed by atoms with Gasteiger partial charge in [0.1, 0.15) is 0 Å². The Hall–Kier alpha value is -2.34. The molecule has 0 bridgehead atoms. The second kappa shape index (κ2) is 7.11. The van der Waals surface area contributed by atoms with Crippen molar-refractivity contribution in [1.29, 1.82) is 0 Å². The van der Waals surface area contributed by atoms with Crippen molar-refractivity contribution in [2.24, 2.45) is 5.92 Å². The fraction of sp³-hybridized carbons (Fsp3) is 0.308. The van der Waals surface area contributed by atoms with Crippen LogP contribution in [-0.4, -0.2) is 0 Å². The van der Waals surface area contributed by atoms with Crippen molar-refractivity contribution in [2.45, 2.75) is 45.4 Å². The molecule has 0 heteroatoms. The summed E-state index contributed by atoms with van der Waals surface area (Å²) in [4.78, 5) is 0. The van der Waals surface area contributed by atoms with Crippen molar-refractivity contribution in [1.82, 2.24) is 0 Å². The Balaban J connectivity index is 1.53. The van der Waals surface area contributed by atoms with E-state index in [-0.39, 0.29) is 0 Å². The zero-order valence-corrected chi connectivity index (χ0v) is 16.0. The summed E-state index contributed by atoms with van der Waals surface area (Å²) in [5.41, 5.74) is 9.87. The highest BCUT2D eigenvalue weighted by Crippen LogP contribution is 2.49. The van der Waals surface area contributed by atoms with Crippen LogP contribution in [0.5, 0.6) is 0 Å². The smallest absolute Gasteiger partial charge is 0.00543 e. The standard InChI is InChI=1S/C26H28/c1-4-20-9-11-22(12-10-20)23-13-14-24-16-25(19(3)26(24)17-23)15-21-7-5-18(2)6-8-21/h5-12,14-15,23,26H,3-4,13,16-17H2,1-2H3/b25-15-. The first-order valence-electron chi connectivity index (χ1n) is 9.88. The summed E-state index contributed by atoms with van der Waals surface area (Å²) in [7, 11) is 0. The van der Waals surface area contributed by atoms with Gasteiger partial charge in [0.25, 0.3) is 0 Å². The minimum absolute atomic E-state index is 0.538. The molecule has 0 amide bonds. The molecule has 132 valence electrons. The zero-order valence-electron chi connectivity index (χ0n) is 16.0. The fourth-order valence-corrected chi connectivity index (χ4v) is 4.39. The summed E-state index contributed by atoms with van der Waals surface area (Å²) in [6.45, 7) is 8.83. The van der Waals surface area contributed by atoms with Gasteiger partial charge < -0.3 is 0 Å². The Labute approximate surface area is 158 Å². The van der Waals surface area contributed by atoms with Gasteiger partial charge in [0.15, 0.2) is 0 Å². The van der Waals surface area contributed by atoms with Gasteiger partial charge in [-0.2, -0.15) is 0 Å². The Bertz CT molecular complexity index is 859. The molecule has 0 saturated heterocycles. The second-order valence-electron chi connectivity index (χ2n) is 7.88. The van der Waals surface area contributed by atoms with Gasteiger partial charge in [0.2, 0.25) is 0 Å². The predicted octanol–water partition coefficient (Wildman–Crippen LogP) is 7.02. The van der Waals surface area contributed by atoms with Crippen molar-refractivity contribution in [3.05, 3.63) is 100 Å². The molecule has 0 nitrogen and oxygen atoms in total. The highest BCUT2D eigenvalue weighted by Gasteiger charge is 2.33. The molecule has 2 aliphatic rings. The van der Waals surface area contributed by atoms with E-state index in [0.29, 0.717) is 11.8 Å². The third-order valence-electron chi connectivity index (χ3n) is 6.14. The first-order chi connectivity index (χ1) is 12.6. The monoisotopic (exact) mass is 340 g/mol. The third kappa shape index (κ3) is 3.33. The molecule has 2 aliphatic carbocycles. The highest BCUT2D eigenvalue weighted by molar-refractivity contribution is 5.63. The quantitative estimate of drug-likeness (QED) is 0.527. The molecule has 0 spiro atoms. The molecule has 0 heterocycles. The maximum absolute atomic E-state index is 4.48. The molecule has 2 aromatic rings. The normalized spacial score (nSPS) is 23.8. The van der Waals surface area contributed by atoms with Crippen LogP contribution in [0.1, 0.15) is 54.4 Å². The van der Waals surface area contributed by atoms with Crippen LogP contribution in [0.15, 0.2) is 77.9 Å². The van der Waals surface area contributed by atoms with E-state index in [1.165, 1.54) is 46.2 Å². The summed E-state index contributed by atoms with van der Waals surface area (Å²) < 4.78 is 0. The minimum atomic E-state index is 0.538. The molecule has 0 N–H and O–H groups in total. The molecule has 2 atom stereocenters. The highest BCUT2D eigenvalue weighted by atomic mass is 14.4. The third-order valence-corrected chi connectivity index (χ3v) is 6.14. The molecular formula is C26H28. The SMILES string of the molecule is C=C1/C(=C\c2ccc(C)cc2)CC2=CCC(c3ccc(CC)cc3)CC12. The van der Waals surface area contributed by atoms with Crippen molar-refractivity contribution >= 4 is 6.08 Å². The van der Waals surface area contributed by atoms with Crippen LogP contribution in [-0.2, 0) is 6.42 Å². The average molecular weight is 341 g/mol. The Kier molecular flexibility index (Phi) is 4.68. The van der Waals surface area contributed by atoms with Gasteiger partial charge in [-0.25, -0.2) is 0 Å². The van der Waals surface area contributed by atoms with Gasteiger partial charge in [-0.05, 0) is 66.4 Å². The van der Waals surface area contributed by atoms with Crippen molar-refractivity contribution in [2.75, 3.05) is 0 Å². The first-order valence-corrected chi connectivity index (χ1v) is 9.88. The van der Waals surface area contributed by atoms with Crippen LogP contribution in [0.4, 0.5) is 0 Å². The van der Waals surface area contributed by atoms with Gasteiger partial charge in [0.05, 0.1) is 0 Å². The molecule has 2 aromatic carbocycles. The van der Waals surface area contributed by atoms with Crippen LogP contribution in [0, 0.1) is 12.8 Å². The molecule has 4 rings (SSSR count). The van der Waals surface area contributed by atoms with E-state index in [4.69, 9.17) is 0 Å². The first kappa shape index (κ1) is 17.1. The minimum Gasteiger partial charge on any atom is -0.0949 e. The van der Waals surface area contributed by atoms with E-state index >= 15 is 0 Å². The van der Waals surface area contributed by atoms with Gasteiger partial charge in [-0.1, -0.05) is 85.3 Å². The van der Waals surface area contributed by atoms with Crippen molar-refractivity contribution in [3.8, 4) is 0 Å². The number of allylic oxidation sites excluding steroid dienone is 4. The largest absolute Gasteiger partial charge is 0.0949 e. The number of hydrogen-bond acceptors (Lipinski definition) is 0. The topological polar surface area (TPSA) is 0 Å². The van der Waals surface area contributed by atoms with Gasteiger partial charge in [-0.3, -0.25) is 0 Å². The predicted molar refractivity (Wildman–Crippen MR) is 112 cm³/mol. The molecule has 2 unspecified atom stereocenters. The number of hydrogen-bond donors (Lipinski definition) is 0.